The van der Waals surface area contributed by atoms with Crippen LogP contribution in [0.15, 0.2) is 18.2 Å². The van der Waals surface area contributed by atoms with Gasteiger partial charge in [-0.25, -0.2) is 0 Å². The molecule has 0 bridgehead atoms. The molecular formula is C17H27ClN2O3. The van der Waals surface area contributed by atoms with E-state index >= 15 is 0 Å². The van der Waals surface area contributed by atoms with Crippen LogP contribution in [0.2, 0.25) is 0 Å². The lowest BCUT2D eigenvalue weighted by atomic mass is 10.1. The highest BCUT2D eigenvalue weighted by atomic mass is 35.5. The molecule has 5 nitrogen and oxygen atoms in total. The van der Waals surface area contributed by atoms with Crippen molar-refractivity contribution < 1.29 is 14.3 Å². The van der Waals surface area contributed by atoms with E-state index in [4.69, 9.17) is 9.47 Å². The lowest BCUT2D eigenvalue weighted by molar-refractivity contribution is 0.0708. The van der Waals surface area contributed by atoms with E-state index in [1.165, 1.54) is 0 Å². The summed E-state index contributed by atoms with van der Waals surface area (Å²) in [6.45, 7) is 9.57. The number of piperazine rings is 1. The van der Waals surface area contributed by atoms with Crippen LogP contribution in [0.4, 0.5) is 0 Å². The highest BCUT2D eigenvalue weighted by Gasteiger charge is 2.22. The molecule has 1 heterocycles. The third-order valence-corrected chi connectivity index (χ3v) is 3.61. The number of benzene rings is 1. The molecule has 0 spiro atoms. The summed E-state index contributed by atoms with van der Waals surface area (Å²) < 4.78 is 11.3. The SMILES string of the molecule is CCCOc1ccc(C(=O)N2CCNC(C)C2)cc1OCC.Cl. The minimum Gasteiger partial charge on any atom is -0.490 e. The molecule has 1 amide bonds. The average Bonchev–Trinajstić information content (AvgIpc) is 2.53. The normalized spacial score (nSPS) is 17.3. The Kier molecular flexibility index (Phi) is 8.20. The van der Waals surface area contributed by atoms with E-state index in [2.05, 4.69) is 19.2 Å². The molecule has 0 radical (unpaired) electrons. The molecule has 1 aromatic carbocycles. The van der Waals surface area contributed by atoms with Gasteiger partial charge in [-0.05, 0) is 38.5 Å². The number of nitrogens with one attached hydrogen (secondary N) is 1. The molecule has 2 rings (SSSR count). The summed E-state index contributed by atoms with van der Waals surface area (Å²) in [7, 11) is 0. The van der Waals surface area contributed by atoms with Gasteiger partial charge in [0.2, 0.25) is 0 Å². The fraction of sp³-hybridized carbons (Fsp3) is 0.588. The molecule has 1 atom stereocenters. The van der Waals surface area contributed by atoms with Crippen LogP contribution in [0.1, 0.15) is 37.6 Å². The summed E-state index contributed by atoms with van der Waals surface area (Å²) in [4.78, 5) is 14.5. The summed E-state index contributed by atoms with van der Waals surface area (Å²) >= 11 is 0. The largest absolute Gasteiger partial charge is 0.490 e. The molecular weight excluding hydrogens is 316 g/mol. The van der Waals surface area contributed by atoms with E-state index in [-0.39, 0.29) is 18.3 Å². The predicted octanol–water partition coefficient (Wildman–Crippen LogP) is 2.73. The number of carbonyl (C=O) groups is 1. The van der Waals surface area contributed by atoms with Crippen molar-refractivity contribution in [2.24, 2.45) is 0 Å². The molecule has 6 heteroatoms. The quantitative estimate of drug-likeness (QED) is 0.863. The Bertz CT molecular complexity index is 511. The lowest BCUT2D eigenvalue weighted by Gasteiger charge is -2.32. The molecule has 130 valence electrons. The molecule has 0 saturated carbocycles. The second-order valence-electron chi connectivity index (χ2n) is 5.55. The van der Waals surface area contributed by atoms with Crippen LogP contribution < -0.4 is 14.8 Å². The van der Waals surface area contributed by atoms with Crippen LogP contribution in [0, 0.1) is 0 Å². The molecule has 23 heavy (non-hydrogen) atoms. The lowest BCUT2D eigenvalue weighted by Crippen LogP contribution is -2.51. The van der Waals surface area contributed by atoms with Crippen molar-refractivity contribution in [1.82, 2.24) is 10.2 Å². The summed E-state index contributed by atoms with van der Waals surface area (Å²) in [6.07, 6.45) is 0.935. The Morgan fingerprint density at radius 2 is 2.09 bits per heavy atom. The van der Waals surface area contributed by atoms with Gasteiger partial charge in [-0.3, -0.25) is 4.79 Å². The number of nitrogens with zero attached hydrogens (tertiary/aromatic N) is 1. The van der Waals surface area contributed by atoms with Crippen LogP contribution in [-0.2, 0) is 0 Å². The maximum Gasteiger partial charge on any atom is 0.254 e. The topological polar surface area (TPSA) is 50.8 Å². The number of amides is 1. The molecule has 1 aromatic rings. The van der Waals surface area contributed by atoms with Crippen molar-refractivity contribution in [3.63, 3.8) is 0 Å². The Morgan fingerprint density at radius 1 is 1.30 bits per heavy atom. The van der Waals surface area contributed by atoms with Crippen LogP contribution in [0.3, 0.4) is 0 Å². The van der Waals surface area contributed by atoms with Crippen molar-refractivity contribution in [2.45, 2.75) is 33.2 Å². The first-order valence-electron chi connectivity index (χ1n) is 8.08. The van der Waals surface area contributed by atoms with E-state index in [9.17, 15) is 4.79 Å². The Labute approximate surface area is 144 Å². The second-order valence-corrected chi connectivity index (χ2v) is 5.55. The zero-order chi connectivity index (χ0) is 15.9. The van der Waals surface area contributed by atoms with Crippen molar-refractivity contribution >= 4 is 18.3 Å². The Balaban J connectivity index is 0.00000264. The molecule has 0 aliphatic carbocycles. The molecule has 1 N–H and O–H groups in total. The summed E-state index contributed by atoms with van der Waals surface area (Å²) in [5.41, 5.74) is 0.654. The molecule has 0 aromatic heterocycles. The number of rotatable bonds is 6. The maximum atomic E-state index is 12.6. The first kappa shape index (κ1) is 19.6. The molecule has 1 fully saturated rings. The van der Waals surface area contributed by atoms with Crippen LogP contribution >= 0.6 is 12.4 Å². The van der Waals surface area contributed by atoms with Gasteiger partial charge in [0.05, 0.1) is 13.2 Å². The maximum absolute atomic E-state index is 12.6. The molecule has 1 saturated heterocycles. The first-order chi connectivity index (χ1) is 10.7. The zero-order valence-corrected chi connectivity index (χ0v) is 14.9. The van der Waals surface area contributed by atoms with E-state index in [1.54, 1.807) is 6.07 Å². The van der Waals surface area contributed by atoms with Gasteiger partial charge < -0.3 is 19.7 Å². The molecule has 1 unspecified atom stereocenters. The van der Waals surface area contributed by atoms with Crippen molar-refractivity contribution in [1.29, 1.82) is 0 Å². The standard InChI is InChI=1S/C17H26N2O3.ClH/c1-4-10-22-15-7-6-14(11-16(15)21-5-2)17(20)19-9-8-18-13(3)12-19;/h6-7,11,13,18H,4-5,8-10,12H2,1-3H3;1H. The average molecular weight is 343 g/mol. The van der Waals surface area contributed by atoms with Gasteiger partial charge >= 0.3 is 0 Å². The summed E-state index contributed by atoms with van der Waals surface area (Å²) in [5, 5.41) is 3.34. The minimum absolute atomic E-state index is 0. The molecule has 1 aliphatic rings. The Hall–Kier alpha value is -1.46. The summed E-state index contributed by atoms with van der Waals surface area (Å²) in [5.74, 6) is 1.40. The summed E-state index contributed by atoms with van der Waals surface area (Å²) in [6, 6.07) is 5.78. The molecule has 1 aliphatic heterocycles. The third-order valence-electron chi connectivity index (χ3n) is 3.61. The fourth-order valence-electron chi connectivity index (χ4n) is 2.54. The minimum atomic E-state index is 0. The van der Waals surface area contributed by atoms with Crippen molar-refractivity contribution in [2.75, 3.05) is 32.8 Å². The van der Waals surface area contributed by atoms with Gasteiger partial charge in [-0.2, -0.15) is 0 Å². The Morgan fingerprint density at radius 3 is 2.74 bits per heavy atom. The number of carbonyl (C=O) groups excluding carboxylic acids is 1. The monoisotopic (exact) mass is 342 g/mol. The number of halogens is 1. The van der Waals surface area contributed by atoms with Crippen molar-refractivity contribution in [3.05, 3.63) is 23.8 Å². The van der Waals surface area contributed by atoms with Gasteiger partial charge in [0.1, 0.15) is 0 Å². The van der Waals surface area contributed by atoms with Gasteiger partial charge in [0, 0.05) is 31.2 Å². The predicted molar refractivity (Wildman–Crippen MR) is 94.0 cm³/mol. The van der Waals surface area contributed by atoms with Gasteiger partial charge in [-0.15, -0.1) is 12.4 Å². The highest BCUT2D eigenvalue weighted by molar-refractivity contribution is 5.95. The van der Waals surface area contributed by atoms with Gasteiger partial charge in [0.25, 0.3) is 5.91 Å². The van der Waals surface area contributed by atoms with Crippen LogP contribution in [0.5, 0.6) is 11.5 Å². The third kappa shape index (κ3) is 5.29. The smallest absolute Gasteiger partial charge is 0.254 e. The number of hydrogen-bond acceptors (Lipinski definition) is 4. The number of hydrogen-bond donors (Lipinski definition) is 1. The van der Waals surface area contributed by atoms with Gasteiger partial charge in [0.15, 0.2) is 11.5 Å². The van der Waals surface area contributed by atoms with Crippen molar-refractivity contribution in [3.8, 4) is 11.5 Å². The van der Waals surface area contributed by atoms with E-state index < -0.39 is 0 Å². The first-order valence-corrected chi connectivity index (χ1v) is 8.08. The van der Waals surface area contributed by atoms with Crippen LogP contribution in [-0.4, -0.2) is 49.7 Å². The zero-order valence-electron chi connectivity index (χ0n) is 14.1. The van der Waals surface area contributed by atoms with E-state index in [0.29, 0.717) is 36.3 Å². The van der Waals surface area contributed by atoms with E-state index in [1.807, 2.05) is 24.0 Å². The van der Waals surface area contributed by atoms with Crippen LogP contribution in [0.25, 0.3) is 0 Å². The fourth-order valence-corrected chi connectivity index (χ4v) is 2.54. The van der Waals surface area contributed by atoms with E-state index in [0.717, 1.165) is 26.1 Å². The number of ether oxygens (including phenoxy) is 2. The second kappa shape index (κ2) is 9.63. The highest BCUT2D eigenvalue weighted by Crippen LogP contribution is 2.29. The van der Waals surface area contributed by atoms with Gasteiger partial charge in [-0.1, -0.05) is 6.92 Å².